The van der Waals surface area contributed by atoms with E-state index < -0.39 is 11.9 Å². The van der Waals surface area contributed by atoms with Crippen molar-refractivity contribution >= 4 is 29.2 Å². The lowest BCUT2D eigenvalue weighted by atomic mass is 10.1. The second kappa shape index (κ2) is 10.6. The number of carboxylic acid groups (broad SMARTS) is 1. The van der Waals surface area contributed by atoms with Gasteiger partial charge in [-0.1, -0.05) is 0 Å². The van der Waals surface area contributed by atoms with Gasteiger partial charge < -0.3 is 25.4 Å². The number of methoxy groups -OCH3 is 1. The second-order valence-corrected chi connectivity index (χ2v) is 9.28. The molecule has 2 aromatic carbocycles. The highest BCUT2D eigenvalue weighted by atomic mass is 16.5. The van der Waals surface area contributed by atoms with E-state index in [1.165, 1.54) is 0 Å². The van der Waals surface area contributed by atoms with Gasteiger partial charge in [0.05, 0.1) is 24.9 Å². The topological polar surface area (TPSA) is 111 Å². The molecule has 2 aromatic rings. The zero-order valence-corrected chi connectivity index (χ0v) is 20.1. The zero-order valence-electron chi connectivity index (χ0n) is 20.1. The Morgan fingerprint density at radius 1 is 1.00 bits per heavy atom. The van der Waals surface area contributed by atoms with Gasteiger partial charge in [-0.25, -0.2) is 4.79 Å². The lowest BCUT2D eigenvalue weighted by Gasteiger charge is -2.36. The van der Waals surface area contributed by atoms with Crippen LogP contribution in [0.3, 0.4) is 0 Å². The van der Waals surface area contributed by atoms with Crippen molar-refractivity contribution in [3.8, 4) is 5.75 Å². The summed E-state index contributed by atoms with van der Waals surface area (Å²) < 4.78 is 5.10. The van der Waals surface area contributed by atoms with Crippen molar-refractivity contribution in [2.24, 2.45) is 0 Å². The van der Waals surface area contributed by atoms with Crippen LogP contribution < -0.4 is 20.3 Å². The highest BCUT2D eigenvalue weighted by Crippen LogP contribution is 2.25. The van der Waals surface area contributed by atoms with Gasteiger partial charge in [-0.15, -0.1) is 0 Å². The van der Waals surface area contributed by atoms with Crippen molar-refractivity contribution in [2.45, 2.75) is 26.3 Å². The molecule has 0 aromatic heterocycles. The number of nitrogens with one attached hydrogen (secondary N) is 2. The molecule has 1 fully saturated rings. The number of ether oxygens (including phenoxy) is 1. The maximum Gasteiger partial charge on any atom is 0.337 e. The third-order valence-corrected chi connectivity index (χ3v) is 5.45. The fraction of sp³-hybridized carbons (Fsp3) is 0.400. The molecule has 3 rings (SSSR count). The fourth-order valence-electron chi connectivity index (χ4n) is 3.78. The van der Waals surface area contributed by atoms with Gasteiger partial charge in [-0.2, -0.15) is 0 Å². The summed E-state index contributed by atoms with van der Waals surface area (Å²) in [7, 11) is 1.54. The molecule has 1 saturated heterocycles. The SMILES string of the molecule is COc1ccc(C(=O)Nc2ccc(N3CCN(CC(=O)NC(C)(C)C)CC3)cc2C(=O)O)cc1. The molecular formula is C25H32N4O5. The molecule has 1 aliphatic heterocycles. The van der Waals surface area contributed by atoms with E-state index in [9.17, 15) is 19.5 Å². The van der Waals surface area contributed by atoms with Crippen molar-refractivity contribution in [3.05, 3.63) is 53.6 Å². The predicted octanol–water partition coefficient (Wildman–Crippen LogP) is 2.68. The zero-order chi connectivity index (χ0) is 24.9. The smallest absolute Gasteiger partial charge is 0.337 e. The number of carboxylic acids is 1. The molecule has 1 heterocycles. The third-order valence-electron chi connectivity index (χ3n) is 5.45. The van der Waals surface area contributed by atoms with Crippen LogP contribution in [0.25, 0.3) is 0 Å². The molecule has 182 valence electrons. The van der Waals surface area contributed by atoms with Gasteiger partial charge in [0.15, 0.2) is 0 Å². The van der Waals surface area contributed by atoms with Gasteiger partial charge in [-0.3, -0.25) is 14.5 Å². The van der Waals surface area contributed by atoms with Crippen LogP contribution in [0.5, 0.6) is 5.75 Å². The monoisotopic (exact) mass is 468 g/mol. The Bertz CT molecular complexity index is 1040. The number of anilines is 2. The van der Waals surface area contributed by atoms with Crippen LogP contribution in [0.1, 0.15) is 41.5 Å². The fourth-order valence-corrected chi connectivity index (χ4v) is 3.78. The van der Waals surface area contributed by atoms with Gasteiger partial charge in [-0.05, 0) is 63.2 Å². The highest BCUT2D eigenvalue weighted by molar-refractivity contribution is 6.08. The van der Waals surface area contributed by atoms with E-state index in [1.807, 2.05) is 20.8 Å². The maximum absolute atomic E-state index is 12.6. The van der Waals surface area contributed by atoms with Crippen LogP contribution in [-0.4, -0.2) is 73.2 Å². The van der Waals surface area contributed by atoms with E-state index in [0.717, 1.165) is 5.69 Å². The number of benzene rings is 2. The number of piperazine rings is 1. The van der Waals surface area contributed by atoms with Crippen molar-refractivity contribution in [2.75, 3.05) is 50.1 Å². The molecule has 0 radical (unpaired) electrons. The molecule has 0 spiro atoms. The number of aromatic carboxylic acids is 1. The lowest BCUT2D eigenvalue weighted by Crippen LogP contribution is -2.51. The molecule has 9 nitrogen and oxygen atoms in total. The standard InChI is InChI=1S/C25H32N4O5/c1-25(2,3)27-22(30)16-28-11-13-29(14-12-28)18-7-10-21(20(15-18)24(32)33)26-23(31)17-5-8-19(34-4)9-6-17/h5-10,15H,11-14,16H2,1-4H3,(H,26,31)(H,27,30)(H,32,33). The first kappa shape index (κ1) is 25.0. The second-order valence-electron chi connectivity index (χ2n) is 9.28. The summed E-state index contributed by atoms with van der Waals surface area (Å²) >= 11 is 0. The predicted molar refractivity (Wildman–Crippen MR) is 131 cm³/mol. The first-order valence-electron chi connectivity index (χ1n) is 11.2. The van der Waals surface area contributed by atoms with E-state index >= 15 is 0 Å². The number of carbonyl (C=O) groups is 3. The summed E-state index contributed by atoms with van der Waals surface area (Å²) in [5.41, 5.74) is 1.14. The normalized spacial score (nSPS) is 14.4. The first-order valence-corrected chi connectivity index (χ1v) is 11.2. The molecule has 3 N–H and O–H groups in total. The Labute approximate surface area is 199 Å². The van der Waals surface area contributed by atoms with Crippen LogP contribution in [0.15, 0.2) is 42.5 Å². The molecule has 0 atom stereocenters. The summed E-state index contributed by atoms with van der Waals surface area (Å²) in [6.07, 6.45) is 0. The average Bonchev–Trinajstić information content (AvgIpc) is 2.78. The quantitative estimate of drug-likeness (QED) is 0.573. The molecule has 0 unspecified atom stereocenters. The van der Waals surface area contributed by atoms with E-state index in [-0.39, 0.29) is 22.7 Å². The van der Waals surface area contributed by atoms with E-state index in [2.05, 4.69) is 20.4 Å². The summed E-state index contributed by atoms with van der Waals surface area (Å²) in [6, 6.07) is 11.6. The van der Waals surface area contributed by atoms with Gasteiger partial charge >= 0.3 is 5.97 Å². The minimum absolute atomic E-state index is 0.00827. The van der Waals surface area contributed by atoms with Gasteiger partial charge in [0, 0.05) is 43.0 Å². The number of hydrogen-bond donors (Lipinski definition) is 3. The molecule has 0 bridgehead atoms. The Balaban J connectivity index is 1.64. The van der Waals surface area contributed by atoms with Crippen molar-refractivity contribution in [1.82, 2.24) is 10.2 Å². The summed E-state index contributed by atoms with van der Waals surface area (Å²) in [4.78, 5) is 40.9. The summed E-state index contributed by atoms with van der Waals surface area (Å²) in [6.45, 7) is 8.90. The number of amides is 2. The molecule has 0 saturated carbocycles. The van der Waals surface area contributed by atoms with Crippen LogP contribution in [0.4, 0.5) is 11.4 Å². The van der Waals surface area contributed by atoms with Gasteiger partial charge in [0.1, 0.15) is 5.75 Å². The third kappa shape index (κ3) is 6.71. The molecule has 1 aliphatic rings. The molecular weight excluding hydrogens is 436 g/mol. The Kier molecular flexibility index (Phi) is 7.78. The van der Waals surface area contributed by atoms with E-state index in [1.54, 1.807) is 49.6 Å². The Hall–Kier alpha value is -3.59. The molecule has 0 aliphatic carbocycles. The summed E-state index contributed by atoms with van der Waals surface area (Å²) in [5, 5.41) is 15.4. The average molecular weight is 469 g/mol. The van der Waals surface area contributed by atoms with E-state index in [0.29, 0.717) is 44.0 Å². The molecule has 2 amide bonds. The lowest BCUT2D eigenvalue weighted by molar-refractivity contribution is -0.123. The highest BCUT2D eigenvalue weighted by Gasteiger charge is 2.23. The van der Waals surface area contributed by atoms with E-state index in [4.69, 9.17) is 4.74 Å². The minimum Gasteiger partial charge on any atom is -0.497 e. The number of carbonyl (C=O) groups excluding carboxylic acids is 2. The van der Waals surface area contributed by atoms with Crippen molar-refractivity contribution in [1.29, 1.82) is 0 Å². The van der Waals surface area contributed by atoms with Crippen molar-refractivity contribution < 1.29 is 24.2 Å². The number of hydrogen-bond acceptors (Lipinski definition) is 6. The number of rotatable bonds is 7. The van der Waals surface area contributed by atoms with Crippen LogP contribution in [0, 0.1) is 0 Å². The first-order chi connectivity index (χ1) is 16.1. The molecule has 9 heteroatoms. The molecule has 34 heavy (non-hydrogen) atoms. The van der Waals surface area contributed by atoms with Gasteiger partial charge in [0.25, 0.3) is 5.91 Å². The minimum atomic E-state index is -1.12. The Morgan fingerprint density at radius 3 is 2.21 bits per heavy atom. The Morgan fingerprint density at radius 2 is 1.65 bits per heavy atom. The van der Waals surface area contributed by atoms with Gasteiger partial charge in [0.2, 0.25) is 5.91 Å². The van der Waals surface area contributed by atoms with Crippen LogP contribution in [-0.2, 0) is 4.79 Å². The van der Waals surface area contributed by atoms with Crippen molar-refractivity contribution in [3.63, 3.8) is 0 Å². The largest absolute Gasteiger partial charge is 0.497 e. The summed E-state index contributed by atoms with van der Waals surface area (Å²) in [5.74, 6) is -0.905. The van der Waals surface area contributed by atoms with Crippen LogP contribution in [0.2, 0.25) is 0 Å². The number of nitrogens with zero attached hydrogens (tertiary/aromatic N) is 2. The maximum atomic E-state index is 12.6. The van der Waals surface area contributed by atoms with Crippen LogP contribution >= 0.6 is 0 Å².